The maximum absolute atomic E-state index is 11.5. The zero-order chi connectivity index (χ0) is 16.6. The molecule has 0 saturated heterocycles. The molecule has 0 spiro atoms. The van der Waals surface area contributed by atoms with E-state index in [1.54, 1.807) is 17.5 Å². The van der Waals surface area contributed by atoms with Crippen molar-refractivity contribution in [2.75, 3.05) is 0 Å². The molecular weight excluding hydrogens is 308 g/mol. The van der Waals surface area contributed by atoms with Crippen LogP contribution in [0.1, 0.15) is 24.8 Å². The van der Waals surface area contributed by atoms with Crippen molar-refractivity contribution in [2.45, 2.75) is 37.8 Å². The zero-order valence-electron chi connectivity index (χ0n) is 13.4. The van der Waals surface area contributed by atoms with E-state index in [2.05, 4.69) is 35.4 Å². The topological polar surface area (TPSA) is 66.1 Å². The van der Waals surface area contributed by atoms with Gasteiger partial charge in [0.25, 0.3) is 0 Å². The summed E-state index contributed by atoms with van der Waals surface area (Å²) in [5.74, 6) is 0. The third-order valence-electron chi connectivity index (χ3n) is 4.16. The lowest BCUT2D eigenvalue weighted by Gasteiger charge is -2.30. The van der Waals surface area contributed by atoms with Gasteiger partial charge in [0, 0.05) is 0 Å². The number of carbonyl (C=O) groups is 1. The number of benzene rings is 1. The van der Waals surface area contributed by atoms with Gasteiger partial charge in [-0.1, -0.05) is 41.5 Å². The fraction of sp³-hybridized carbons (Fsp3) is 0.353. The van der Waals surface area contributed by atoms with Gasteiger partial charge in [0.15, 0.2) is 0 Å². The quantitative estimate of drug-likeness (QED) is 0.669. The van der Waals surface area contributed by atoms with E-state index < -0.39 is 0 Å². The van der Waals surface area contributed by atoms with Crippen LogP contribution in [0, 0.1) is 0 Å². The summed E-state index contributed by atoms with van der Waals surface area (Å²) in [6, 6.07) is 10.2. The second kappa shape index (κ2) is 8.37. The highest BCUT2D eigenvalue weighted by atomic mass is 16.7. The molecule has 128 valence electrons. The molecular formula is C17H22N4O3. The summed E-state index contributed by atoms with van der Waals surface area (Å²) in [5, 5.41) is 3.57. The fourth-order valence-corrected chi connectivity index (χ4v) is 2.88. The largest absolute Gasteiger partial charge is 0.395 e. The molecule has 7 nitrogen and oxygen atoms in total. The maximum atomic E-state index is 11.5. The van der Waals surface area contributed by atoms with Crippen LogP contribution in [0.3, 0.4) is 0 Å². The molecule has 0 fully saturated rings. The number of nitrogens with zero attached hydrogens (tertiary/aromatic N) is 2. The van der Waals surface area contributed by atoms with Gasteiger partial charge in [-0.2, -0.15) is 0 Å². The molecule has 2 unspecified atom stereocenters. The van der Waals surface area contributed by atoms with Crippen LogP contribution in [-0.2, 0) is 20.9 Å². The van der Waals surface area contributed by atoms with Crippen LogP contribution in [0.25, 0.3) is 0 Å². The summed E-state index contributed by atoms with van der Waals surface area (Å²) < 4.78 is 0. The number of nitrogens with one attached hydrogen (secondary N) is 2. The molecule has 0 aliphatic carbocycles. The Morgan fingerprint density at radius 3 is 2.38 bits per heavy atom. The molecule has 0 bridgehead atoms. The Labute approximate surface area is 141 Å². The summed E-state index contributed by atoms with van der Waals surface area (Å²) in [4.78, 5) is 21.5. The second-order valence-corrected chi connectivity index (χ2v) is 5.77. The number of hydrogen-bond acceptors (Lipinski definition) is 7. The van der Waals surface area contributed by atoms with Gasteiger partial charge in [-0.15, -0.1) is 0 Å². The molecule has 1 aromatic rings. The van der Waals surface area contributed by atoms with Crippen LogP contribution in [0.2, 0.25) is 0 Å². The standard InChI is InChI=1S/C17H22N4O3/c22-14-17(21-10-12-24-19-21)13-16(20-9-11-23-18-20)8-4-7-15-5-2-1-3-6-15/h1-3,5-6,9-12,14,16-19H,4,7-8,13H2. The number of aldehydes is 1. The molecule has 2 aliphatic rings. The monoisotopic (exact) mass is 330 g/mol. The molecule has 0 aromatic heterocycles. The molecule has 0 saturated carbocycles. The maximum Gasteiger partial charge on any atom is 0.144 e. The van der Waals surface area contributed by atoms with E-state index in [-0.39, 0.29) is 12.1 Å². The van der Waals surface area contributed by atoms with Crippen molar-refractivity contribution in [1.82, 2.24) is 21.2 Å². The number of hydrogen-bond donors (Lipinski definition) is 2. The molecule has 7 heteroatoms. The first-order valence-corrected chi connectivity index (χ1v) is 8.08. The van der Waals surface area contributed by atoms with E-state index in [0.717, 1.165) is 25.5 Å². The Morgan fingerprint density at radius 2 is 1.75 bits per heavy atom. The van der Waals surface area contributed by atoms with E-state index >= 15 is 0 Å². The van der Waals surface area contributed by atoms with Gasteiger partial charge in [0.2, 0.25) is 0 Å². The first-order chi connectivity index (χ1) is 11.9. The van der Waals surface area contributed by atoms with Crippen LogP contribution in [0.5, 0.6) is 0 Å². The number of hydrazine groups is 2. The third-order valence-corrected chi connectivity index (χ3v) is 4.16. The van der Waals surface area contributed by atoms with Gasteiger partial charge in [0.1, 0.15) is 24.9 Å². The van der Waals surface area contributed by atoms with Crippen molar-refractivity contribution in [3.63, 3.8) is 0 Å². The van der Waals surface area contributed by atoms with E-state index in [9.17, 15) is 4.79 Å². The fourth-order valence-electron chi connectivity index (χ4n) is 2.88. The lowest BCUT2D eigenvalue weighted by molar-refractivity contribution is -0.116. The number of rotatable bonds is 9. The highest BCUT2D eigenvalue weighted by Gasteiger charge is 2.26. The molecule has 24 heavy (non-hydrogen) atoms. The predicted octanol–water partition coefficient (Wildman–Crippen LogP) is 1.78. The molecule has 0 radical (unpaired) electrons. The van der Waals surface area contributed by atoms with Crippen LogP contribution >= 0.6 is 0 Å². The molecule has 0 amide bonds. The van der Waals surface area contributed by atoms with Crippen molar-refractivity contribution in [1.29, 1.82) is 0 Å². The Kier molecular flexibility index (Phi) is 5.70. The van der Waals surface area contributed by atoms with Crippen LogP contribution < -0.4 is 11.2 Å². The van der Waals surface area contributed by atoms with Crippen molar-refractivity contribution < 1.29 is 14.5 Å². The van der Waals surface area contributed by atoms with E-state index in [4.69, 9.17) is 9.68 Å². The van der Waals surface area contributed by atoms with Crippen molar-refractivity contribution >= 4 is 6.29 Å². The third kappa shape index (κ3) is 4.27. The molecule has 2 atom stereocenters. The Balaban J connectivity index is 1.57. The van der Waals surface area contributed by atoms with Crippen LogP contribution in [-0.4, -0.2) is 28.4 Å². The average Bonchev–Trinajstić information content (AvgIpc) is 3.32. The normalized spacial score (nSPS) is 18.3. The Bertz CT molecular complexity index is 578. The first kappa shape index (κ1) is 16.4. The zero-order valence-corrected chi connectivity index (χ0v) is 13.4. The summed E-state index contributed by atoms with van der Waals surface area (Å²) in [6.07, 6.45) is 11.2. The van der Waals surface area contributed by atoms with Crippen molar-refractivity contribution in [3.8, 4) is 0 Å². The van der Waals surface area contributed by atoms with Gasteiger partial charge in [-0.3, -0.25) is 10.0 Å². The highest BCUT2D eigenvalue weighted by Crippen LogP contribution is 2.19. The molecule has 3 rings (SSSR count). The van der Waals surface area contributed by atoms with Crippen LogP contribution in [0.4, 0.5) is 0 Å². The molecule has 2 N–H and O–H groups in total. The Hall–Kier alpha value is -2.51. The van der Waals surface area contributed by atoms with Gasteiger partial charge in [-0.25, -0.2) is 0 Å². The van der Waals surface area contributed by atoms with Crippen LogP contribution in [0.15, 0.2) is 55.3 Å². The lowest BCUT2D eigenvalue weighted by atomic mass is 9.99. The minimum absolute atomic E-state index is 0.124. The second-order valence-electron chi connectivity index (χ2n) is 5.77. The van der Waals surface area contributed by atoms with Crippen molar-refractivity contribution in [2.24, 2.45) is 0 Å². The first-order valence-electron chi connectivity index (χ1n) is 8.08. The predicted molar refractivity (Wildman–Crippen MR) is 88.0 cm³/mol. The summed E-state index contributed by atoms with van der Waals surface area (Å²) in [7, 11) is 0. The summed E-state index contributed by atoms with van der Waals surface area (Å²) >= 11 is 0. The highest BCUT2D eigenvalue weighted by molar-refractivity contribution is 5.57. The van der Waals surface area contributed by atoms with Gasteiger partial charge < -0.3 is 14.5 Å². The van der Waals surface area contributed by atoms with E-state index in [0.29, 0.717) is 6.42 Å². The van der Waals surface area contributed by atoms with Gasteiger partial charge in [0.05, 0.1) is 18.4 Å². The number of carbonyl (C=O) groups excluding carboxylic acids is 1. The average molecular weight is 330 g/mol. The van der Waals surface area contributed by atoms with Gasteiger partial charge in [-0.05, 0) is 31.2 Å². The van der Waals surface area contributed by atoms with E-state index in [1.807, 2.05) is 17.3 Å². The minimum Gasteiger partial charge on any atom is -0.395 e. The smallest absolute Gasteiger partial charge is 0.144 e. The molecule has 1 aromatic carbocycles. The lowest BCUT2D eigenvalue weighted by Crippen LogP contribution is -2.46. The van der Waals surface area contributed by atoms with E-state index in [1.165, 1.54) is 11.8 Å². The van der Waals surface area contributed by atoms with Gasteiger partial charge >= 0.3 is 0 Å². The molecule has 2 heterocycles. The SMILES string of the molecule is O=CC(CC(CCCc1ccccc1)N1C=CON1)N1C=CON1. The van der Waals surface area contributed by atoms with Crippen molar-refractivity contribution in [3.05, 3.63) is 60.8 Å². The summed E-state index contributed by atoms with van der Waals surface area (Å²) in [6.45, 7) is 0. The minimum atomic E-state index is -0.318. The summed E-state index contributed by atoms with van der Waals surface area (Å²) in [5.41, 5.74) is 6.85. The molecule has 2 aliphatic heterocycles. The number of aryl methyl sites for hydroxylation is 1. The Morgan fingerprint density at radius 1 is 1.04 bits per heavy atom.